The van der Waals surface area contributed by atoms with Crippen LogP contribution in [0.15, 0.2) is 64.2 Å². The molecule has 0 bridgehead atoms. The molecule has 3 aromatic rings. The standard InChI is InChI=1S/C17H16BrN3O2S/c18-14-5-1-4-8-17(14)24(22,23)20-10-9-13(11-20)21-12-19-15-6-2-3-7-16(15)21/h1-8,12-13H,9-11H2/t13-/m1/s1. The van der Waals surface area contributed by atoms with Crippen LogP contribution in [-0.2, 0) is 10.0 Å². The first-order chi connectivity index (χ1) is 11.6. The van der Waals surface area contributed by atoms with Crippen LogP contribution in [0.25, 0.3) is 11.0 Å². The summed E-state index contributed by atoms with van der Waals surface area (Å²) in [6.07, 6.45) is 2.59. The van der Waals surface area contributed by atoms with Gasteiger partial charge in [-0.3, -0.25) is 0 Å². The van der Waals surface area contributed by atoms with Gasteiger partial charge in [-0.05, 0) is 46.6 Å². The maximum absolute atomic E-state index is 12.9. The van der Waals surface area contributed by atoms with Crippen LogP contribution in [0, 0.1) is 0 Å². The van der Waals surface area contributed by atoms with E-state index in [4.69, 9.17) is 0 Å². The van der Waals surface area contributed by atoms with E-state index >= 15 is 0 Å². The monoisotopic (exact) mass is 405 g/mol. The van der Waals surface area contributed by atoms with Crippen LogP contribution in [0.3, 0.4) is 0 Å². The lowest BCUT2D eigenvalue weighted by molar-refractivity contribution is 0.454. The highest BCUT2D eigenvalue weighted by Gasteiger charge is 2.34. The van der Waals surface area contributed by atoms with Crippen molar-refractivity contribution >= 4 is 37.0 Å². The zero-order valence-electron chi connectivity index (χ0n) is 12.8. The molecule has 2 aromatic carbocycles. The highest BCUT2D eigenvalue weighted by Crippen LogP contribution is 2.32. The smallest absolute Gasteiger partial charge is 0.244 e. The minimum absolute atomic E-state index is 0.106. The predicted octanol–water partition coefficient (Wildman–Crippen LogP) is 3.43. The average molecular weight is 406 g/mol. The Hall–Kier alpha value is -1.70. The molecule has 1 aromatic heterocycles. The maximum atomic E-state index is 12.9. The Morgan fingerprint density at radius 2 is 1.83 bits per heavy atom. The number of nitrogens with zero attached hydrogens (tertiary/aromatic N) is 3. The number of para-hydroxylation sites is 2. The summed E-state index contributed by atoms with van der Waals surface area (Å²) in [6, 6.07) is 15.0. The molecule has 0 spiro atoms. The molecule has 0 aliphatic carbocycles. The van der Waals surface area contributed by atoms with Gasteiger partial charge in [0.15, 0.2) is 0 Å². The molecule has 0 unspecified atom stereocenters. The first kappa shape index (κ1) is 15.8. The third-order valence-electron chi connectivity index (χ3n) is 4.46. The third-order valence-corrected chi connectivity index (χ3v) is 7.33. The summed E-state index contributed by atoms with van der Waals surface area (Å²) in [4.78, 5) is 4.73. The number of rotatable bonds is 3. The lowest BCUT2D eigenvalue weighted by Gasteiger charge is -2.18. The second-order valence-electron chi connectivity index (χ2n) is 5.88. The molecule has 0 amide bonds. The van der Waals surface area contributed by atoms with Crippen LogP contribution in [0.5, 0.6) is 0 Å². The van der Waals surface area contributed by atoms with Gasteiger partial charge in [0.05, 0.1) is 28.3 Å². The van der Waals surface area contributed by atoms with E-state index in [1.54, 1.807) is 22.5 Å². The number of benzene rings is 2. The van der Waals surface area contributed by atoms with Crippen LogP contribution in [0.4, 0.5) is 0 Å². The number of imidazole rings is 1. The topological polar surface area (TPSA) is 55.2 Å². The van der Waals surface area contributed by atoms with E-state index in [0.29, 0.717) is 22.5 Å². The van der Waals surface area contributed by atoms with Gasteiger partial charge in [-0.25, -0.2) is 13.4 Å². The Balaban J connectivity index is 1.64. The van der Waals surface area contributed by atoms with E-state index < -0.39 is 10.0 Å². The summed E-state index contributed by atoms with van der Waals surface area (Å²) in [5.74, 6) is 0. The molecule has 124 valence electrons. The fourth-order valence-corrected chi connectivity index (χ4v) is 5.67. The highest BCUT2D eigenvalue weighted by atomic mass is 79.9. The van der Waals surface area contributed by atoms with Crippen molar-refractivity contribution in [1.82, 2.24) is 13.9 Å². The Morgan fingerprint density at radius 3 is 2.67 bits per heavy atom. The normalized spacial score (nSPS) is 19.1. The Labute approximate surface area is 149 Å². The van der Waals surface area contributed by atoms with Gasteiger partial charge in [0.25, 0.3) is 0 Å². The van der Waals surface area contributed by atoms with E-state index in [1.165, 1.54) is 0 Å². The fraction of sp³-hybridized carbons (Fsp3) is 0.235. The summed E-state index contributed by atoms with van der Waals surface area (Å²) in [5, 5.41) is 0. The molecule has 0 N–H and O–H groups in total. The van der Waals surface area contributed by atoms with Gasteiger partial charge < -0.3 is 4.57 Å². The van der Waals surface area contributed by atoms with Crippen LogP contribution in [0.1, 0.15) is 12.5 Å². The summed E-state index contributed by atoms with van der Waals surface area (Å²) in [7, 11) is -3.49. The predicted molar refractivity (Wildman–Crippen MR) is 96.3 cm³/mol. The van der Waals surface area contributed by atoms with Gasteiger partial charge in [-0.1, -0.05) is 24.3 Å². The van der Waals surface area contributed by atoms with E-state index in [2.05, 4.69) is 25.5 Å². The van der Waals surface area contributed by atoms with E-state index in [-0.39, 0.29) is 6.04 Å². The Morgan fingerprint density at radius 1 is 1.08 bits per heavy atom. The number of hydrogen-bond acceptors (Lipinski definition) is 3. The van der Waals surface area contributed by atoms with Crippen LogP contribution >= 0.6 is 15.9 Å². The number of aromatic nitrogens is 2. The zero-order chi connectivity index (χ0) is 16.7. The van der Waals surface area contributed by atoms with Crippen molar-refractivity contribution in [2.24, 2.45) is 0 Å². The number of hydrogen-bond donors (Lipinski definition) is 0. The first-order valence-corrected chi connectivity index (χ1v) is 9.97. The van der Waals surface area contributed by atoms with E-state index in [9.17, 15) is 8.42 Å². The zero-order valence-corrected chi connectivity index (χ0v) is 15.2. The molecule has 2 heterocycles. The van der Waals surface area contributed by atoms with Crippen molar-refractivity contribution in [3.05, 3.63) is 59.3 Å². The highest BCUT2D eigenvalue weighted by molar-refractivity contribution is 9.10. The first-order valence-electron chi connectivity index (χ1n) is 7.73. The molecule has 1 aliphatic rings. The van der Waals surface area contributed by atoms with Crippen LogP contribution < -0.4 is 0 Å². The van der Waals surface area contributed by atoms with E-state index in [0.717, 1.165) is 17.5 Å². The Kier molecular flexibility index (Phi) is 3.94. The van der Waals surface area contributed by atoms with Crippen LogP contribution in [0.2, 0.25) is 0 Å². The molecule has 4 rings (SSSR count). The maximum Gasteiger partial charge on any atom is 0.244 e. The SMILES string of the molecule is O=S(=O)(c1ccccc1Br)N1CC[C@@H](n2cnc3ccccc32)C1. The fourth-order valence-electron chi connectivity index (χ4n) is 3.22. The minimum atomic E-state index is -3.49. The number of fused-ring (bicyclic) bond motifs is 1. The lowest BCUT2D eigenvalue weighted by atomic mass is 10.2. The second kappa shape index (κ2) is 5.98. The van der Waals surface area contributed by atoms with Crippen molar-refractivity contribution in [3.8, 4) is 0 Å². The van der Waals surface area contributed by atoms with Gasteiger partial charge in [-0.2, -0.15) is 4.31 Å². The largest absolute Gasteiger partial charge is 0.326 e. The molecule has 5 nitrogen and oxygen atoms in total. The quantitative estimate of drug-likeness (QED) is 0.670. The molecule has 0 saturated carbocycles. The van der Waals surface area contributed by atoms with Crippen LogP contribution in [-0.4, -0.2) is 35.4 Å². The minimum Gasteiger partial charge on any atom is -0.326 e. The molecule has 1 fully saturated rings. The summed E-state index contributed by atoms with van der Waals surface area (Å²) >= 11 is 3.34. The second-order valence-corrected chi connectivity index (χ2v) is 8.64. The molecule has 7 heteroatoms. The average Bonchev–Trinajstić information content (AvgIpc) is 3.22. The molecule has 0 radical (unpaired) electrons. The molecule has 1 saturated heterocycles. The summed E-state index contributed by atoms with van der Waals surface area (Å²) in [5.41, 5.74) is 1.98. The number of sulfonamides is 1. The van der Waals surface area contributed by atoms with Gasteiger partial charge in [0, 0.05) is 17.6 Å². The molecule has 1 aliphatic heterocycles. The van der Waals surface area contributed by atoms with Gasteiger partial charge in [-0.15, -0.1) is 0 Å². The third kappa shape index (κ3) is 2.56. The lowest BCUT2D eigenvalue weighted by Crippen LogP contribution is -2.29. The summed E-state index contributed by atoms with van der Waals surface area (Å²) in [6.45, 7) is 0.977. The van der Waals surface area contributed by atoms with Crippen molar-refractivity contribution in [3.63, 3.8) is 0 Å². The summed E-state index contributed by atoms with van der Waals surface area (Å²) < 4.78 is 30.1. The van der Waals surface area contributed by atoms with Crippen molar-refractivity contribution in [2.45, 2.75) is 17.4 Å². The molecule has 24 heavy (non-hydrogen) atoms. The van der Waals surface area contributed by atoms with Crippen molar-refractivity contribution < 1.29 is 8.42 Å². The van der Waals surface area contributed by atoms with Gasteiger partial charge in [0.2, 0.25) is 10.0 Å². The van der Waals surface area contributed by atoms with E-state index in [1.807, 2.05) is 36.7 Å². The molecule has 1 atom stereocenters. The Bertz CT molecular complexity index is 1000. The molecular weight excluding hydrogens is 390 g/mol. The van der Waals surface area contributed by atoms with Crippen molar-refractivity contribution in [2.75, 3.05) is 13.1 Å². The van der Waals surface area contributed by atoms with Gasteiger partial charge in [0.1, 0.15) is 0 Å². The van der Waals surface area contributed by atoms with Crippen molar-refractivity contribution in [1.29, 1.82) is 0 Å². The molecular formula is C17H16BrN3O2S. The van der Waals surface area contributed by atoms with Gasteiger partial charge >= 0.3 is 0 Å². The number of halogens is 1.